The number of halogens is 6. The molecule has 0 atom stereocenters. The van der Waals surface area contributed by atoms with E-state index in [1.165, 1.54) is 0 Å². The largest absolute Gasteiger partial charge is 0.417 e. The predicted molar refractivity (Wildman–Crippen MR) is 40.9 cm³/mol. The minimum absolute atomic E-state index is 0.386. The van der Waals surface area contributed by atoms with Crippen LogP contribution < -0.4 is 0 Å². The molecule has 0 aliphatic rings. The summed E-state index contributed by atoms with van der Waals surface area (Å²) in [6.45, 7) is 2.94. The summed E-state index contributed by atoms with van der Waals surface area (Å²) in [5.41, 5.74) is -4.11. The number of hydrogen-bond donors (Lipinski definition) is 0. The zero-order valence-corrected chi connectivity index (χ0v) is 7.21. The second-order valence-corrected chi connectivity index (χ2v) is 2.84. The molecule has 1 aromatic rings. The Labute approximate surface area is 81.5 Å². The molecule has 83 valence electrons. The van der Waals surface area contributed by atoms with Gasteiger partial charge in [-0.05, 0) is 18.6 Å². The highest BCUT2D eigenvalue weighted by Gasteiger charge is 2.43. The van der Waals surface area contributed by atoms with Gasteiger partial charge in [0.05, 0.1) is 11.1 Å². The van der Waals surface area contributed by atoms with Gasteiger partial charge in [-0.2, -0.15) is 26.3 Å². The predicted octanol–water partition coefficient (Wildman–Crippen LogP) is 3.91. The van der Waals surface area contributed by atoms with Crippen LogP contribution in [0.1, 0.15) is 16.7 Å². The fourth-order valence-electron chi connectivity index (χ4n) is 1.17. The number of alkyl halides is 6. The summed E-state index contributed by atoms with van der Waals surface area (Å²) in [7, 11) is 0. The first kappa shape index (κ1) is 11.9. The smallest absolute Gasteiger partial charge is 0.166 e. The maximum absolute atomic E-state index is 12.3. The summed E-state index contributed by atoms with van der Waals surface area (Å²) in [5.74, 6) is 0. The van der Waals surface area contributed by atoms with Crippen LogP contribution in [0.4, 0.5) is 26.3 Å². The highest BCUT2D eigenvalue weighted by Crippen LogP contribution is 2.41. The Hall–Kier alpha value is -1.20. The van der Waals surface area contributed by atoms with Crippen molar-refractivity contribution in [3.8, 4) is 0 Å². The van der Waals surface area contributed by atoms with Gasteiger partial charge in [-0.25, -0.2) is 0 Å². The van der Waals surface area contributed by atoms with Crippen LogP contribution in [0.5, 0.6) is 0 Å². The molecule has 0 aliphatic heterocycles. The minimum Gasteiger partial charge on any atom is -0.166 e. The standard InChI is InChI=1S/C9H5F6/c1-5-3-2-4-6(8(10,11)12)7(5)9(13,14)15/h2-4H,1H2. The maximum Gasteiger partial charge on any atom is 0.417 e. The summed E-state index contributed by atoms with van der Waals surface area (Å²) in [6, 6.07) is 2.16. The van der Waals surface area contributed by atoms with Gasteiger partial charge in [0, 0.05) is 0 Å². The second-order valence-electron chi connectivity index (χ2n) is 2.84. The van der Waals surface area contributed by atoms with Crippen molar-refractivity contribution in [2.24, 2.45) is 0 Å². The zero-order chi connectivity index (χ0) is 11.9. The van der Waals surface area contributed by atoms with E-state index in [-0.39, 0.29) is 0 Å². The lowest BCUT2D eigenvalue weighted by Crippen LogP contribution is -2.17. The van der Waals surface area contributed by atoms with Crippen LogP contribution in [0.2, 0.25) is 0 Å². The zero-order valence-electron chi connectivity index (χ0n) is 7.21. The molecule has 15 heavy (non-hydrogen) atoms. The van der Waals surface area contributed by atoms with Crippen LogP contribution in [0.3, 0.4) is 0 Å². The van der Waals surface area contributed by atoms with Crippen molar-refractivity contribution in [2.45, 2.75) is 12.4 Å². The van der Waals surface area contributed by atoms with Gasteiger partial charge in [0.1, 0.15) is 0 Å². The van der Waals surface area contributed by atoms with Crippen molar-refractivity contribution in [1.29, 1.82) is 0 Å². The van der Waals surface area contributed by atoms with Crippen molar-refractivity contribution >= 4 is 0 Å². The van der Waals surface area contributed by atoms with Crippen molar-refractivity contribution in [1.82, 2.24) is 0 Å². The van der Waals surface area contributed by atoms with Crippen molar-refractivity contribution in [3.63, 3.8) is 0 Å². The fraction of sp³-hybridized carbons (Fsp3) is 0.222. The van der Waals surface area contributed by atoms with Gasteiger partial charge in [0.2, 0.25) is 0 Å². The Morgan fingerprint density at radius 1 is 0.867 bits per heavy atom. The van der Waals surface area contributed by atoms with Crippen LogP contribution in [0.25, 0.3) is 0 Å². The van der Waals surface area contributed by atoms with Crippen LogP contribution in [0.15, 0.2) is 18.2 Å². The molecule has 1 radical (unpaired) electrons. The van der Waals surface area contributed by atoms with E-state index < -0.39 is 29.0 Å². The van der Waals surface area contributed by atoms with Crippen LogP contribution in [-0.2, 0) is 12.4 Å². The molecule has 6 heteroatoms. The molecule has 0 aliphatic carbocycles. The quantitative estimate of drug-likeness (QED) is 0.589. The van der Waals surface area contributed by atoms with Gasteiger partial charge in [-0.1, -0.05) is 12.1 Å². The van der Waals surface area contributed by atoms with E-state index in [4.69, 9.17) is 0 Å². The first-order valence-electron chi connectivity index (χ1n) is 3.73. The third kappa shape index (κ3) is 2.43. The Morgan fingerprint density at radius 2 is 1.40 bits per heavy atom. The van der Waals surface area contributed by atoms with Gasteiger partial charge in [-0.15, -0.1) is 0 Å². The summed E-state index contributed by atoms with van der Waals surface area (Å²) < 4.78 is 73.6. The van der Waals surface area contributed by atoms with E-state index in [0.717, 1.165) is 12.1 Å². The molecule has 0 unspecified atom stereocenters. The average Bonchev–Trinajstić information content (AvgIpc) is 1.99. The molecule has 0 heterocycles. The van der Waals surface area contributed by atoms with E-state index in [2.05, 4.69) is 6.92 Å². The number of rotatable bonds is 0. The molecule has 0 saturated carbocycles. The third-order valence-corrected chi connectivity index (χ3v) is 1.74. The number of benzene rings is 1. The topological polar surface area (TPSA) is 0 Å². The van der Waals surface area contributed by atoms with Gasteiger partial charge in [0.25, 0.3) is 0 Å². The Bertz CT molecular complexity index is 360. The molecule has 0 N–H and O–H groups in total. The molecule has 1 rings (SSSR count). The monoisotopic (exact) mass is 227 g/mol. The SMILES string of the molecule is [CH2]c1cccc(C(F)(F)F)c1C(F)(F)F. The van der Waals surface area contributed by atoms with Crippen LogP contribution in [0, 0.1) is 6.92 Å². The highest BCUT2D eigenvalue weighted by molar-refractivity contribution is 5.40. The molecule has 0 nitrogen and oxygen atoms in total. The first-order chi connectivity index (χ1) is 6.64. The lowest BCUT2D eigenvalue weighted by molar-refractivity contribution is -0.162. The van der Waals surface area contributed by atoms with Crippen molar-refractivity contribution in [2.75, 3.05) is 0 Å². The summed E-state index contributed by atoms with van der Waals surface area (Å²) in [5, 5.41) is 0. The highest BCUT2D eigenvalue weighted by atomic mass is 19.4. The molecule has 0 fully saturated rings. The van der Waals surface area contributed by atoms with Gasteiger partial charge >= 0.3 is 12.4 Å². The Kier molecular flexibility index (Phi) is 2.71. The molecule has 0 bridgehead atoms. The van der Waals surface area contributed by atoms with Crippen LogP contribution >= 0.6 is 0 Å². The number of hydrogen-bond acceptors (Lipinski definition) is 0. The summed E-state index contributed by atoms with van der Waals surface area (Å²) in [6.07, 6.45) is -10.1. The Morgan fingerprint density at radius 3 is 1.73 bits per heavy atom. The van der Waals surface area contributed by atoms with Crippen molar-refractivity contribution in [3.05, 3.63) is 41.8 Å². The molecule has 0 aromatic heterocycles. The van der Waals surface area contributed by atoms with Crippen molar-refractivity contribution < 1.29 is 26.3 Å². The fourth-order valence-corrected chi connectivity index (χ4v) is 1.17. The molecular formula is C9H5F6. The minimum atomic E-state index is -5.05. The van der Waals surface area contributed by atoms with E-state index >= 15 is 0 Å². The average molecular weight is 227 g/mol. The summed E-state index contributed by atoms with van der Waals surface area (Å²) >= 11 is 0. The molecule has 0 spiro atoms. The lowest BCUT2D eigenvalue weighted by Gasteiger charge is -2.17. The third-order valence-electron chi connectivity index (χ3n) is 1.74. The van der Waals surface area contributed by atoms with E-state index in [1.807, 2.05) is 0 Å². The molecule has 0 saturated heterocycles. The molecule has 1 aromatic carbocycles. The summed E-state index contributed by atoms with van der Waals surface area (Å²) in [4.78, 5) is 0. The van der Waals surface area contributed by atoms with E-state index in [0.29, 0.717) is 6.07 Å². The molecular weight excluding hydrogens is 222 g/mol. The van der Waals surface area contributed by atoms with E-state index in [9.17, 15) is 26.3 Å². The van der Waals surface area contributed by atoms with Gasteiger partial charge in [0.15, 0.2) is 0 Å². The van der Waals surface area contributed by atoms with Crippen LogP contribution in [-0.4, -0.2) is 0 Å². The lowest BCUT2D eigenvalue weighted by atomic mass is 10.0. The van der Waals surface area contributed by atoms with Gasteiger partial charge in [-0.3, -0.25) is 0 Å². The Balaban J connectivity index is 3.48. The second kappa shape index (κ2) is 3.43. The first-order valence-corrected chi connectivity index (χ1v) is 3.73. The van der Waals surface area contributed by atoms with Gasteiger partial charge < -0.3 is 0 Å². The maximum atomic E-state index is 12.3. The van der Waals surface area contributed by atoms with E-state index in [1.54, 1.807) is 0 Å². The molecule has 0 amide bonds. The normalized spacial score (nSPS) is 13.0.